The number of carbonyl (C=O) groups is 1. The van der Waals surface area contributed by atoms with Crippen LogP contribution in [0.4, 0.5) is 0 Å². The molecule has 1 fully saturated rings. The van der Waals surface area contributed by atoms with E-state index in [2.05, 4.69) is 26.8 Å². The van der Waals surface area contributed by atoms with Gasteiger partial charge >= 0.3 is 5.97 Å². The molecule has 1 N–H and O–H groups in total. The zero-order valence-corrected chi connectivity index (χ0v) is 17.8. The molecule has 5 heteroatoms. The third-order valence-electron chi connectivity index (χ3n) is 6.33. The fraction of sp³-hybridized carbons (Fsp3) is 0.458. The van der Waals surface area contributed by atoms with Crippen molar-refractivity contribution in [3.8, 4) is 5.75 Å². The Kier molecular flexibility index (Phi) is 5.34. The van der Waals surface area contributed by atoms with E-state index in [4.69, 9.17) is 21.1 Å². The van der Waals surface area contributed by atoms with Crippen molar-refractivity contribution in [2.75, 3.05) is 0 Å². The molecular weight excluding hydrogens is 388 g/mol. The smallest absolute Gasteiger partial charge is 0.335 e. The molecule has 154 valence electrons. The van der Waals surface area contributed by atoms with Crippen LogP contribution < -0.4 is 4.74 Å². The molecule has 1 saturated heterocycles. The molecule has 4 atom stereocenters. The molecular formula is C24H27ClO4. The summed E-state index contributed by atoms with van der Waals surface area (Å²) in [6, 6.07) is 13.2. The van der Waals surface area contributed by atoms with Crippen molar-refractivity contribution in [1.29, 1.82) is 0 Å². The molecule has 0 spiro atoms. The molecule has 2 aromatic rings. The first-order chi connectivity index (χ1) is 13.8. The van der Waals surface area contributed by atoms with Gasteiger partial charge in [-0.3, -0.25) is 0 Å². The van der Waals surface area contributed by atoms with Crippen LogP contribution >= 0.6 is 11.6 Å². The van der Waals surface area contributed by atoms with Crippen LogP contribution in [0.3, 0.4) is 0 Å². The third kappa shape index (κ3) is 3.76. The van der Waals surface area contributed by atoms with E-state index in [0.717, 1.165) is 29.8 Å². The molecule has 0 aliphatic carbocycles. The molecule has 4 rings (SSSR count). The quantitative estimate of drug-likeness (QED) is 0.643. The molecule has 2 aromatic carbocycles. The standard InChI is InChI=1S/C24H27ClO4/c1-4-6-20-18(14-7-5-8-16(25)11-14)13-19-22(28-20)17-10-9-15(23(26)27)12-21(17)29-24(19,2)3/h5,7-12,18-20,22H,4,6,13H2,1-3H3,(H,26,27)/t18-,19+,20+,22-/m1/s1. The van der Waals surface area contributed by atoms with E-state index in [1.165, 1.54) is 5.56 Å². The van der Waals surface area contributed by atoms with Gasteiger partial charge in [-0.2, -0.15) is 0 Å². The van der Waals surface area contributed by atoms with Gasteiger partial charge in [-0.25, -0.2) is 4.79 Å². The average Bonchev–Trinajstić information content (AvgIpc) is 2.67. The first-order valence-corrected chi connectivity index (χ1v) is 10.6. The molecule has 0 radical (unpaired) electrons. The maximum Gasteiger partial charge on any atom is 0.335 e. The summed E-state index contributed by atoms with van der Waals surface area (Å²) < 4.78 is 13.0. The van der Waals surface area contributed by atoms with Gasteiger partial charge < -0.3 is 14.6 Å². The number of fused-ring (bicyclic) bond motifs is 3. The normalized spacial score (nSPS) is 27.4. The van der Waals surface area contributed by atoms with E-state index in [9.17, 15) is 9.90 Å². The summed E-state index contributed by atoms with van der Waals surface area (Å²) in [5.41, 5.74) is 1.92. The predicted octanol–water partition coefficient (Wildman–Crippen LogP) is 6.24. The minimum Gasteiger partial charge on any atom is -0.487 e. The number of carboxylic acid groups (broad SMARTS) is 1. The minimum atomic E-state index is -0.953. The molecule has 0 unspecified atom stereocenters. The second-order valence-electron chi connectivity index (χ2n) is 8.65. The van der Waals surface area contributed by atoms with Crippen LogP contribution in [0.2, 0.25) is 5.02 Å². The Morgan fingerprint density at radius 1 is 1.24 bits per heavy atom. The Labute approximate surface area is 176 Å². The second kappa shape index (κ2) is 7.66. The van der Waals surface area contributed by atoms with Crippen molar-refractivity contribution < 1.29 is 19.4 Å². The largest absolute Gasteiger partial charge is 0.487 e. The molecule has 2 aliphatic rings. The second-order valence-corrected chi connectivity index (χ2v) is 9.09. The zero-order chi connectivity index (χ0) is 20.8. The van der Waals surface area contributed by atoms with Gasteiger partial charge in [-0.1, -0.05) is 43.1 Å². The maximum absolute atomic E-state index is 11.4. The lowest BCUT2D eigenvalue weighted by atomic mass is 9.70. The fourth-order valence-electron chi connectivity index (χ4n) is 4.86. The first kappa shape index (κ1) is 20.2. The van der Waals surface area contributed by atoms with Crippen molar-refractivity contribution in [2.45, 2.75) is 63.8 Å². The Morgan fingerprint density at radius 2 is 2.03 bits per heavy atom. The Bertz CT molecular complexity index is 923. The van der Waals surface area contributed by atoms with E-state index in [0.29, 0.717) is 5.75 Å². The highest BCUT2D eigenvalue weighted by atomic mass is 35.5. The number of hydrogen-bond acceptors (Lipinski definition) is 3. The average molecular weight is 415 g/mol. The van der Waals surface area contributed by atoms with E-state index in [-0.39, 0.29) is 29.6 Å². The molecule has 0 bridgehead atoms. The minimum absolute atomic E-state index is 0.0839. The van der Waals surface area contributed by atoms with Gasteiger partial charge in [0.2, 0.25) is 0 Å². The highest BCUT2D eigenvalue weighted by molar-refractivity contribution is 6.30. The van der Waals surface area contributed by atoms with Crippen molar-refractivity contribution in [3.63, 3.8) is 0 Å². The Morgan fingerprint density at radius 3 is 2.72 bits per heavy atom. The summed E-state index contributed by atoms with van der Waals surface area (Å²) in [6.45, 7) is 6.31. The lowest BCUT2D eigenvalue weighted by molar-refractivity contribution is -0.160. The van der Waals surface area contributed by atoms with E-state index < -0.39 is 11.6 Å². The summed E-state index contributed by atoms with van der Waals surface area (Å²) in [7, 11) is 0. The van der Waals surface area contributed by atoms with Gasteiger partial charge in [0.1, 0.15) is 11.4 Å². The number of carboxylic acids is 1. The SMILES string of the molecule is CCC[C@@H]1O[C@@H]2c3ccc(C(=O)O)cc3OC(C)(C)[C@H]2C[C@@H]1c1cccc(Cl)c1. The number of halogens is 1. The number of benzene rings is 2. The van der Waals surface area contributed by atoms with Crippen molar-refractivity contribution >= 4 is 17.6 Å². The van der Waals surface area contributed by atoms with E-state index in [1.54, 1.807) is 12.1 Å². The molecule has 0 amide bonds. The number of rotatable bonds is 4. The van der Waals surface area contributed by atoms with E-state index >= 15 is 0 Å². The summed E-state index contributed by atoms with van der Waals surface area (Å²) >= 11 is 6.28. The van der Waals surface area contributed by atoms with Gasteiger partial charge in [0.25, 0.3) is 0 Å². The van der Waals surface area contributed by atoms with Gasteiger partial charge in [0, 0.05) is 22.4 Å². The monoisotopic (exact) mass is 414 g/mol. The molecule has 4 nitrogen and oxygen atoms in total. The van der Waals surface area contributed by atoms with Crippen LogP contribution in [-0.2, 0) is 4.74 Å². The third-order valence-corrected chi connectivity index (χ3v) is 6.56. The first-order valence-electron chi connectivity index (χ1n) is 10.3. The van der Waals surface area contributed by atoms with Gasteiger partial charge in [0.15, 0.2) is 0 Å². The van der Waals surface area contributed by atoms with Crippen LogP contribution in [0.5, 0.6) is 5.75 Å². The predicted molar refractivity (Wildman–Crippen MR) is 113 cm³/mol. The highest BCUT2D eigenvalue weighted by Gasteiger charge is 2.50. The van der Waals surface area contributed by atoms with Crippen LogP contribution in [0.1, 0.15) is 73.5 Å². The Balaban J connectivity index is 1.74. The number of aromatic carboxylic acids is 1. The lowest BCUT2D eigenvalue weighted by Crippen LogP contribution is -2.50. The van der Waals surface area contributed by atoms with Crippen LogP contribution in [-0.4, -0.2) is 22.8 Å². The fourth-order valence-corrected chi connectivity index (χ4v) is 5.06. The van der Waals surface area contributed by atoms with Gasteiger partial charge in [-0.05, 0) is 56.5 Å². The summed E-state index contributed by atoms with van der Waals surface area (Å²) in [5, 5.41) is 10.1. The highest BCUT2D eigenvalue weighted by Crippen LogP contribution is 2.54. The van der Waals surface area contributed by atoms with Crippen molar-refractivity contribution in [1.82, 2.24) is 0 Å². The number of hydrogen-bond donors (Lipinski definition) is 1. The van der Waals surface area contributed by atoms with Crippen molar-refractivity contribution in [3.05, 3.63) is 64.2 Å². The number of ether oxygens (including phenoxy) is 2. The molecule has 2 aliphatic heterocycles. The van der Waals surface area contributed by atoms with Gasteiger partial charge in [-0.15, -0.1) is 0 Å². The van der Waals surface area contributed by atoms with Crippen LogP contribution in [0.25, 0.3) is 0 Å². The van der Waals surface area contributed by atoms with E-state index in [1.807, 2.05) is 24.3 Å². The summed E-state index contributed by atoms with van der Waals surface area (Å²) in [4.78, 5) is 11.4. The topological polar surface area (TPSA) is 55.8 Å². The Hall–Kier alpha value is -2.04. The zero-order valence-electron chi connectivity index (χ0n) is 17.0. The summed E-state index contributed by atoms with van der Waals surface area (Å²) in [6.07, 6.45) is 2.90. The molecule has 0 saturated carbocycles. The van der Waals surface area contributed by atoms with Crippen molar-refractivity contribution in [2.24, 2.45) is 5.92 Å². The molecule has 2 heterocycles. The molecule has 0 aromatic heterocycles. The van der Waals surface area contributed by atoms with Crippen LogP contribution in [0, 0.1) is 5.92 Å². The maximum atomic E-state index is 11.4. The summed E-state index contributed by atoms with van der Waals surface area (Å²) in [5.74, 6) is 0.0683. The molecule has 29 heavy (non-hydrogen) atoms. The lowest BCUT2D eigenvalue weighted by Gasteiger charge is -2.51. The van der Waals surface area contributed by atoms with Crippen LogP contribution in [0.15, 0.2) is 42.5 Å². The van der Waals surface area contributed by atoms with Gasteiger partial charge in [0.05, 0.1) is 17.8 Å².